The van der Waals surface area contributed by atoms with E-state index >= 15 is 0 Å². The normalized spacial score (nSPS) is 24.1. The van der Waals surface area contributed by atoms with E-state index in [-0.39, 0.29) is 10.8 Å². The van der Waals surface area contributed by atoms with Crippen molar-refractivity contribution >= 4 is 23.3 Å². The number of benzene rings is 5. The quantitative estimate of drug-likeness (QED) is 0.147. The lowest BCUT2D eigenvalue weighted by molar-refractivity contribution is 0.0206. The summed E-state index contributed by atoms with van der Waals surface area (Å²) >= 11 is 0. The first-order valence-corrected chi connectivity index (χ1v) is 18.9. The minimum atomic E-state index is -1.34. The average Bonchev–Trinajstić information content (AvgIpc) is 3.62. The third kappa shape index (κ3) is 3.69. The number of fused-ring (bicyclic) bond motifs is 16. The maximum absolute atomic E-state index is 14.0. The van der Waals surface area contributed by atoms with Gasteiger partial charge in [0.05, 0.1) is 11.1 Å². The lowest BCUT2D eigenvalue weighted by Gasteiger charge is -2.46. The Morgan fingerprint density at radius 1 is 0.519 bits per heavy atom. The highest BCUT2D eigenvalue weighted by atomic mass is 16.6. The third-order valence-corrected chi connectivity index (χ3v) is 13.2. The van der Waals surface area contributed by atoms with Crippen LogP contribution in [0.25, 0.3) is 0 Å². The Labute approximate surface area is 314 Å². The van der Waals surface area contributed by atoms with Gasteiger partial charge in [-0.3, -0.25) is 0 Å². The van der Waals surface area contributed by atoms with Crippen molar-refractivity contribution in [3.05, 3.63) is 141 Å². The van der Waals surface area contributed by atoms with Gasteiger partial charge in [0.15, 0.2) is 11.2 Å². The summed E-state index contributed by atoms with van der Waals surface area (Å²) in [5, 5.41) is 0. The number of ether oxygens (including phenoxy) is 4. The zero-order chi connectivity index (χ0) is 37.1. The highest BCUT2D eigenvalue weighted by Crippen LogP contribution is 2.65. The molecule has 0 saturated heterocycles. The molecule has 5 aromatic carbocycles. The van der Waals surface area contributed by atoms with Gasteiger partial charge in [0.2, 0.25) is 0 Å². The van der Waals surface area contributed by atoms with Gasteiger partial charge >= 0.3 is 11.9 Å². The van der Waals surface area contributed by atoms with Crippen LogP contribution in [0.4, 0.5) is 11.4 Å². The van der Waals surface area contributed by atoms with E-state index in [4.69, 9.17) is 18.9 Å². The van der Waals surface area contributed by atoms with Crippen molar-refractivity contribution in [2.24, 2.45) is 0 Å². The molecule has 8 nitrogen and oxygen atoms in total. The zero-order valence-corrected chi connectivity index (χ0v) is 31.3. The Kier molecular flexibility index (Phi) is 5.91. The maximum Gasteiger partial charge on any atom is 0.340 e. The fraction of sp³-hybridized carbons (Fsp3) is 0.304. The van der Waals surface area contributed by atoms with Crippen LogP contribution in [0.3, 0.4) is 0 Å². The van der Waals surface area contributed by atoms with Gasteiger partial charge in [0, 0.05) is 89.1 Å². The highest BCUT2D eigenvalue weighted by molar-refractivity contribution is 5.99. The number of carbonyl (C=O) groups is 2. The predicted molar refractivity (Wildman–Crippen MR) is 205 cm³/mol. The smallest absolute Gasteiger partial charge is 0.340 e. The molecule has 0 fully saturated rings. The second-order valence-electron chi connectivity index (χ2n) is 17.1. The van der Waals surface area contributed by atoms with Crippen molar-refractivity contribution in [1.82, 2.24) is 0 Å². The van der Waals surface area contributed by atoms with Gasteiger partial charge in [-0.1, -0.05) is 64.1 Å². The van der Waals surface area contributed by atoms with Crippen LogP contribution in [0.2, 0.25) is 0 Å². The van der Waals surface area contributed by atoms with Gasteiger partial charge in [0.25, 0.3) is 0 Å². The molecule has 6 aliphatic heterocycles. The van der Waals surface area contributed by atoms with Crippen LogP contribution in [-0.2, 0) is 31.5 Å². The van der Waals surface area contributed by atoms with Gasteiger partial charge < -0.3 is 28.7 Å². The van der Waals surface area contributed by atoms with Crippen molar-refractivity contribution in [2.45, 2.75) is 62.6 Å². The molecular formula is C46H40N2O6. The summed E-state index contributed by atoms with van der Waals surface area (Å²) in [7, 11) is 4.22. The molecule has 0 radical (unpaired) electrons. The average molecular weight is 717 g/mol. The molecule has 2 spiro atoms. The summed E-state index contributed by atoms with van der Waals surface area (Å²) in [6, 6.07) is 27.6. The van der Waals surface area contributed by atoms with E-state index in [0.717, 1.165) is 70.7 Å². The molecule has 6 heterocycles. The summed E-state index contributed by atoms with van der Waals surface area (Å²) in [5.41, 5.74) is 6.58. The number of rotatable bonds is 0. The van der Waals surface area contributed by atoms with E-state index in [2.05, 4.69) is 75.9 Å². The van der Waals surface area contributed by atoms with Crippen LogP contribution >= 0.6 is 0 Å². The van der Waals surface area contributed by atoms with Crippen molar-refractivity contribution < 1.29 is 28.5 Å². The van der Waals surface area contributed by atoms with Crippen LogP contribution in [0.1, 0.15) is 106 Å². The fourth-order valence-electron chi connectivity index (χ4n) is 10.3. The Bertz CT molecular complexity index is 2400. The van der Waals surface area contributed by atoms with Crippen LogP contribution in [0.15, 0.2) is 84.9 Å². The summed E-state index contributed by atoms with van der Waals surface area (Å²) in [6.07, 6.45) is 1.86. The largest absolute Gasteiger partial charge is 0.456 e. The summed E-state index contributed by atoms with van der Waals surface area (Å²) in [6.45, 7) is 10.8. The first-order chi connectivity index (χ1) is 25.9. The Balaban J connectivity index is 1.25. The molecule has 270 valence electrons. The second kappa shape index (κ2) is 10.1. The molecule has 2 unspecified atom stereocenters. The minimum absolute atomic E-state index is 0.222. The van der Waals surface area contributed by atoms with E-state index in [1.165, 1.54) is 0 Å². The highest BCUT2D eigenvalue weighted by Gasteiger charge is 2.59. The topological polar surface area (TPSA) is 77.5 Å². The Morgan fingerprint density at radius 2 is 0.944 bits per heavy atom. The van der Waals surface area contributed by atoms with Crippen molar-refractivity contribution in [1.29, 1.82) is 0 Å². The Morgan fingerprint density at radius 3 is 1.39 bits per heavy atom. The van der Waals surface area contributed by atoms with E-state index in [9.17, 15) is 9.59 Å². The van der Waals surface area contributed by atoms with Crippen LogP contribution in [-0.4, -0.2) is 39.1 Å². The molecule has 6 aliphatic rings. The zero-order valence-electron chi connectivity index (χ0n) is 31.3. The monoisotopic (exact) mass is 716 g/mol. The van der Waals surface area contributed by atoms with E-state index in [0.29, 0.717) is 45.3 Å². The van der Waals surface area contributed by atoms with E-state index in [1.54, 1.807) is 0 Å². The minimum Gasteiger partial charge on any atom is -0.456 e. The first kappa shape index (κ1) is 31.7. The molecule has 0 amide bonds. The first-order valence-electron chi connectivity index (χ1n) is 18.9. The van der Waals surface area contributed by atoms with E-state index < -0.39 is 23.1 Å². The molecule has 0 saturated carbocycles. The molecule has 5 aromatic rings. The number of esters is 2. The molecule has 2 atom stereocenters. The Hall–Kier alpha value is -5.76. The molecule has 0 bridgehead atoms. The van der Waals surface area contributed by atoms with Gasteiger partial charge in [-0.05, 0) is 66.1 Å². The molecule has 0 aliphatic carbocycles. The SMILES string of the molecule is CN1CCC(C)(C)c2c1ccc1c2Oc2cc3c(cc2C12OC(=O)c1ccccc12)C1(OC(=O)c2ccccc21)c1ccc2c(c1O3)C(C)(C)CCN2C. The van der Waals surface area contributed by atoms with Crippen LogP contribution in [0.5, 0.6) is 23.0 Å². The number of anilines is 2. The lowest BCUT2D eigenvalue weighted by Crippen LogP contribution is -2.40. The molecular weight excluding hydrogens is 677 g/mol. The lowest BCUT2D eigenvalue weighted by atomic mass is 9.69. The molecule has 0 N–H and O–H groups in total. The number of nitrogens with zero attached hydrogens (tertiary/aromatic N) is 2. The van der Waals surface area contributed by atoms with E-state index in [1.807, 2.05) is 60.7 Å². The molecule has 11 rings (SSSR count). The van der Waals surface area contributed by atoms with Gasteiger partial charge in [0.1, 0.15) is 23.0 Å². The standard InChI is InChI=1S/C46H40N2O6/c1-43(2)19-21-47(5)33-17-15-29-39(37(33)43)51-35-24-36-32(23-31(35)45(29)27-13-9-7-11-25(27)41(49)53-45)46(28-14-10-8-12-26(28)42(50)54-46)30-16-18-34-38(40(30)52-36)44(3,4)20-22-48(34)6/h7-18,23-24H,19-22H2,1-6H3. The number of hydrogen-bond donors (Lipinski definition) is 0. The number of hydrogen-bond acceptors (Lipinski definition) is 8. The molecule has 8 heteroatoms. The number of carbonyl (C=O) groups excluding carboxylic acids is 2. The predicted octanol–water partition coefficient (Wildman–Crippen LogP) is 9.06. The molecule has 0 aromatic heterocycles. The van der Waals surface area contributed by atoms with Gasteiger partial charge in [-0.15, -0.1) is 0 Å². The van der Waals surface area contributed by atoms with Crippen molar-refractivity contribution in [3.8, 4) is 23.0 Å². The third-order valence-electron chi connectivity index (χ3n) is 13.2. The summed E-state index contributed by atoms with van der Waals surface area (Å²) in [5.74, 6) is 1.65. The fourth-order valence-corrected chi connectivity index (χ4v) is 10.3. The summed E-state index contributed by atoms with van der Waals surface area (Å²) in [4.78, 5) is 32.5. The molecule has 54 heavy (non-hydrogen) atoms. The second-order valence-corrected chi connectivity index (χ2v) is 17.1. The maximum atomic E-state index is 14.0. The van der Waals surface area contributed by atoms with Crippen LogP contribution in [0, 0.1) is 0 Å². The van der Waals surface area contributed by atoms with Gasteiger partial charge in [-0.2, -0.15) is 0 Å². The van der Waals surface area contributed by atoms with Crippen LogP contribution < -0.4 is 19.3 Å². The summed E-state index contributed by atoms with van der Waals surface area (Å²) < 4.78 is 27.8. The van der Waals surface area contributed by atoms with Crippen molar-refractivity contribution in [2.75, 3.05) is 37.0 Å². The van der Waals surface area contributed by atoms with Crippen molar-refractivity contribution in [3.63, 3.8) is 0 Å². The van der Waals surface area contributed by atoms with Gasteiger partial charge in [-0.25, -0.2) is 9.59 Å².